The zero-order chi connectivity index (χ0) is 19.2. The highest BCUT2D eigenvalue weighted by molar-refractivity contribution is 5.85. The molecule has 1 amide bonds. The van der Waals surface area contributed by atoms with Crippen LogP contribution in [0.15, 0.2) is 54.6 Å². The Morgan fingerprint density at radius 1 is 1.21 bits per heavy atom. The van der Waals surface area contributed by atoms with Crippen molar-refractivity contribution in [1.29, 1.82) is 0 Å². The number of hydrogen-bond acceptors (Lipinski definition) is 4. The minimum Gasteiger partial charge on any atom is -0.497 e. The van der Waals surface area contributed by atoms with Crippen LogP contribution in [0.5, 0.6) is 5.75 Å². The largest absolute Gasteiger partial charge is 0.497 e. The smallest absolute Gasteiger partial charge is 0.224 e. The second-order valence-corrected chi connectivity index (χ2v) is 7.27. The zero-order valence-corrected chi connectivity index (χ0v) is 18.5. The van der Waals surface area contributed by atoms with E-state index in [0.29, 0.717) is 12.5 Å². The fraction of sp³-hybridized carbons (Fsp3) is 0.409. The van der Waals surface area contributed by atoms with E-state index in [9.17, 15) is 4.79 Å². The van der Waals surface area contributed by atoms with Crippen LogP contribution < -0.4 is 20.7 Å². The Morgan fingerprint density at radius 2 is 1.93 bits per heavy atom. The molecule has 1 aliphatic rings. The summed E-state index contributed by atoms with van der Waals surface area (Å²) in [6.45, 7) is 4.51. The summed E-state index contributed by atoms with van der Waals surface area (Å²) in [4.78, 5) is 14.9. The first kappa shape index (κ1) is 25.1. The highest BCUT2D eigenvalue weighted by Gasteiger charge is 2.26. The van der Waals surface area contributed by atoms with Gasteiger partial charge in [0.25, 0.3) is 0 Å². The fourth-order valence-electron chi connectivity index (χ4n) is 3.57. The molecule has 0 saturated carbocycles. The summed E-state index contributed by atoms with van der Waals surface area (Å²) in [6.07, 6.45) is 1.07. The molecule has 160 valence electrons. The molecule has 5 nitrogen and oxygen atoms in total. The quantitative estimate of drug-likeness (QED) is 0.687. The minimum absolute atomic E-state index is 0. The number of nitrogens with two attached hydrogens (primary N) is 1. The number of rotatable bonds is 7. The number of halogens is 2. The van der Waals surface area contributed by atoms with Crippen molar-refractivity contribution in [1.82, 2.24) is 5.32 Å². The van der Waals surface area contributed by atoms with Crippen LogP contribution in [0, 0.1) is 11.8 Å². The van der Waals surface area contributed by atoms with Crippen LogP contribution in [0.25, 0.3) is 0 Å². The molecule has 0 spiro atoms. The van der Waals surface area contributed by atoms with Gasteiger partial charge >= 0.3 is 0 Å². The second-order valence-electron chi connectivity index (χ2n) is 7.27. The molecule has 0 bridgehead atoms. The molecule has 2 aromatic carbocycles. The number of amides is 1. The minimum atomic E-state index is -0.289. The van der Waals surface area contributed by atoms with Crippen LogP contribution in [0.1, 0.15) is 24.9 Å². The van der Waals surface area contributed by atoms with E-state index in [2.05, 4.69) is 22.3 Å². The third kappa shape index (κ3) is 6.53. The van der Waals surface area contributed by atoms with E-state index in [4.69, 9.17) is 10.5 Å². The summed E-state index contributed by atoms with van der Waals surface area (Å²) in [5, 5.41) is 3.10. The molecule has 7 heteroatoms. The Morgan fingerprint density at radius 3 is 2.62 bits per heavy atom. The molecule has 0 radical (unpaired) electrons. The number of nitrogens with zero attached hydrogens (tertiary/aromatic N) is 1. The van der Waals surface area contributed by atoms with Crippen molar-refractivity contribution >= 4 is 36.4 Å². The van der Waals surface area contributed by atoms with Crippen LogP contribution in [-0.2, 0) is 4.79 Å². The first-order valence-corrected chi connectivity index (χ1v) is 9.55. The lowest BCUT2D eigenvalue weighted by Gasteiger charge is -2.22. The van der Waals surface area contributed by atoms with E-state index >= 15 is 0 Å². The lowest BCUT2D eigenvalue weighted by molar-refractivity contribution is -0.125. The van der Waals surface area contributed by atoms with Gasteiger partial charge in [-0.15, -0.1) is 24.8 Å². The van der Waals surface area contributed by atoms with Gasteiger partial charge in [-0.3, -0.25) is 4.79 Å². The Kier molecular flexibility index (Phi) is 10.3. The molecule has 1 saturated heterocycles. The number of carbonyl (C=O) groups is 1. The Bertz CT molecular complexity index is 761. The number of ether oxygens (including phenoxy) is 1. The monoisotopic (exact) mass is 439 g/mol. The van der Waals surface area contributed by atoms with Crippen molar-refractivity contribution in [2.24, 2.45) is 17.6 Å². The second kappa shape index (κ2) is 11.9. The normalized spacial score (nSPS) is 17.5. The van der Waals surface area contributed by atoms with Crippen molar-refractivity contribution in [3.05, 3.63) is 60.2 Å². The maximum Gasteiger partial charge on any atom is 0.224 e. The van der Waals surface area contributed by atoms with Crippen LogP contribution in [0.3, 0.4) is 0 Å². The first-order chi connectivity index (χ1) is 13.1. The third-order valence-electron chi connectivity index (χ3n) is 5.41. The average Bonchev–Trinajstić information content (AvgIpc) is 3.20. The van der Waals surface area contributed by atoms with Crippen molar-refractivity contribution in [2.75, 3.05) is 31.6 Å². The molecular formula is C22H31Cl2N3O2. The van der Waals surface area contributed by atoms with Crippen LogP contribution in [0.2, 0.25) is 0 Å². The zero-order valence-electron chi connectivity index (χ0n) is 16.9. The molecule has 3 rings (SSSR count). The highest BCUT2D eigenvalue weighted by Crippen LogP contribution is 2.27. The van der Waals surface area contributed by atoms with Crippen molar-refractivity contribution < 1.29 is 9.53 Å². The van der Waals surface area contributed by atoms with Gasteiger partial charge in [-0.05, 0) is 30.0 Å². The molecule has 29 heavy (non-hydrogen) atoms. The van der Waals surface area contributed by atoms with Crippen LogP contribution >= 0.6 is 24.8 Å². The summed E-state index contributed by atoms with van der Waals surface area (Å²) in [6, 6.07) is 17.6. The first-order valence-electron chi connectivity index (χ1n) is 9.55. The summed E-state index contributed by atoms with van der Waals surface area (Å²) < 4.78 is 5.31. The van der Waals surface area contributed by atoms with Gasteiger partial charge in [0, 0.05) is 37.4 Å². The van der Waals surface area contributed by atoms with Gasteiger partial charge in [0.15, 0.2) is 0 Å². The fourth-order valence-corrected chi connectivity index (χ4v) is 3.57. The standard InChI is InChI=1S/C22H29N3O2.2ClH/c1-16(21(23)18-7-4-3-5-8-18)22(26)24-14-17-11-12-25(15-17)19-9-6-10-20(13-19)27-2;;/h3-10,13,16-17,21H,11-12,14-15,23H2,1-2H3,(H,24,26);2*1H. The van der Waals surface area contributed by atoms with Gasteiger partial charge in [-0.25, -0.2) is 0 Å². The number of benzene rings is 2. The number of carbonyl (C=O) groups excluding carboxylic acids is 1. The van der Waals surface area contributed by atoms with Crippen LogP contribution in [0.4, 0.5) is 5.69 Å². The van der Waals surface area contributed by atoms with Crippen LogP contribution in [-0.4, -0.2) is 32.7 Å². The van der Waals surface area contributed by atoms with Gasteiger partial charge in [-0.1, -0.05) is 43.3 Å². The molecule has 3 atom stereocenters. The van der Waals surface area contributed by atoms with Crippen molar-refractivity contribution in [3.8, 4) is 5.75 Å². The van der Waals surface area contributed by atoms with Gasteiger partial charge in [0.1, 0.15) is 5.75 Å². The maximum absolute atomic E-state index is 12.5. The van der Waals surface area contributed by atoms with Crippen molar-refractivity contribution in [2.45, 2.75) is 19.4 Å². The Labute approximate surface area is 185 Å². The van der Waals surface area contributed by atoms with E-state index in [0.717, 1.165) is 30.8 Å². The van der Waals surface area contributed by atoms with Gasteiger partial charge in [0.05, 0.1) is 13.0 Å². The number of methoxy groups -OCH3 is 1. The lowest BCUT2D eigenvalue weighted by atomic mass is 9.94. The third-order valence-corrected chi connectivity index (χ3v) is 5.41. The topological polar surface area (TPSA) is 67.6 Å². The maximum atomic E-state index is 12.5. The molecule has 0 aliphatic carbocycles. The summed E-state index contributed by atoms with van der Waals surface area (Å²) in [5.41, 5.74) is 8.43. The number of anilines is 1. The Balaban J connectivity index is 0.00000210. The SMILES string of the molecule is COc1cccc(N2CCC(CNC(=O)C(C)C(N)c3ccccc3)C2)c1.Cl.Cl. The average molecular weight is 440 g/mol. The molecular weight excluding hydrogens is 409 g/mol. The van der Waals surface area contributed by atoms with E-state index in [1.54, 1.807) is 7.11 Å². The summed E-state index contributed by atoms with van der Waals surface area (Å²) in [7, 11) is 1.68. The lowest BCUT2D eigenvalue weighted by Crippen LogP contribution is -2.38. The van der Waals surface area contributed by atoms with E-state index in [1.807, 2.05) is 49.4 Å². The van der Waals surface area contributed by atoms with E-state index in [-0.39, 0.29) is 42.7 Å². The number of nitrogens with one attached hydrogen (secondary N) is 1. The van der Waals surface area contributed by atoms with Gasteiger partial charge in [0.2, 0.25) is 5.91 Å². The summed E-state index contributed by atoms with van der Waals surface area (Å²) in [5.74, 6) is 1.07. The van der Waals surface area contributed by atoms with Gasteiger partial charge in [-0.2, -0.15) is 0 Å². The van der Waals surface area contributed by atoms with Crippen molar-refractivity contribution in [3.63, 3.8) is 0 Å². The Hall–Kier alpha value is -1.95. The van der Waals surface area contributed by atoms with Gasteiger partial charge < -0.3 is 20.7 Å². The van der Waals surface area contributed by atoms with E-state index in [1.165, 1.54) is 5.69 Å². The predicted octanol–water partition coefficient (Wildman–Crippen LogP) is 3.82. The predicted molar refractivity (Wildman–Crippen MR) is 123 cm³/mol. The molecule has 1 fully saturated rings. The summed E-state index contributed by atoms with van der Waals surface area (Å²) >= 11 is 0. The molecule has 3 N–H and O–H groups in total. The molecule has 3 unspecified atom stereocenters. The molecule has 1 heterocycles. The molecule has 0 aromatic heterocycles. The molecule has 1 aliphatic heterocycles. The highest BCUT2D eigenvalue weighted by atomic mass is 35.5. The number of hydrogen-bond donors (Lipinski definition) is 2. The molecule has 2 aromatic rings. The van der Waals surface area contributed by atoms with E-state index < -0.39 is 0 Å².